The van der Waals surface area contributed by atoms with Gasteiger partial charge in [-0.3, -0.25) is 0 Å². The van der Waals surface area contributed by atoms with Gasteiger partial charge in [0.25, 0.3) is 0 Å². The molecule has 0 bridgehead atoms. The maximum Gasteiger partial charge on any atom is 0.125 e. The number of rotatable bonds is 4. The van der Waals surface area contributed by atoms with Crippen molar-refractivity contribution in [2.24, 2.45) is 0 Å². The van der Waals surface area contributed by atoms with Crippen molar-refractivity contribution in [1.82, 2.24) is 0 Å². The second-order valence-electron chi connectivity index (χ2n) is 3.86. The van der Waals surface area contributed by atoms with Crippen molar-refractivity contribution in [1.29, 1.82) is 0 Å². The van der Waals surface area contributed by atoms with Crippen LogP contribution in [-0.2, 0) is 0 Å². The van der Waals surface area contributed by atoms with E-state index < -0.39 is 0 Å². The molecule has 1 heteroatoms. The predicted octanol–water partition coefficient (Wildman–Crippen LogP) is 3.79. The molecule has 0 aliphatic heterocycles. The zero-order chi connectivity index (χ0) is 10.6. The molecule has 0 amide bonds. The standard InChI is InChI=1S/C13H20O/c1-5-6-9-14-13-11(3)8-7-10(2)12(13)4/h7-8H,5-6,9H2,1-4H3. The highest BCUT2D eigenvalue weighted by Gasteiger charge is 2.05. The maximum absolute atomic E-state index is 5.79. The summed E-state index contributed by atoms with van der Waals surface area (Å²) in [6, 6.07) is 4.28. The average molecular weight is 192 g/mol. The minimum Gasteiger partial charge on any atom is -0.493 e. The smallest absolute Gasteiger partial charge is 0.125 e. The fourth-order valence-electron chi connectivity index (χ4n) is 1.47. The molecule has 0 heterocycles. The van der Waals surface area contributed by atoms with E-state index in [0.717, 1.165) is 18.8 Å². The molecule has 0 aliphatic rings. The first-order valence-corrected chi connectivity index (χ1v) is 5.36. The van der Waals surface area contributed by atoms with Gasteiger partial charge in [0, 0.05) is 0 Å². The van der Waals surface area contributed by atoms with Crippen molar-refractivity contribution >= 4 is 0 Å². The first-order chi connectivity index (χ1) is 6.66. The third kappa shape index (κ3) is 2.50. The Hall–Kier alpha value is -0.980. The van der Waals surface area contributed by atoms with Crippen molar-refractivity contribution in [2.75, 3.05) is 6.61 Å². The maximum atomic E-state index is 5.79. The summed E-state index contributed by atoms with van der Waals surface area (Å²) in [7, 11) is 0. The molecule has 0 spiro atoms. The molecule has 1 aromatic rings. The van der Waals surface area contributed by atoms with Crippen LogP contribution in [0.5, 0.6) is 5.75 Å². The topological polar surface area (TPSA) is 9.23 Å². The van der Waals surface area contributed by atoms with Crippen LogP contribution >= 0.6 is 0 Å². The molecule has 0 fully saturated rings. The molecule has 1 nitrogen and oxygen atoms in total. The number of ether oxygens (including phenoxy) is 1. The van der Waals surface area contributed by atoms with Gasteiger partial charge in [0.1, 0.15) is 5.75 Å². The highest BCUT2D eigenvalue weighted by molar-refractivity contribution is 5.44. The molecule has 1 aromatic carbocycles. The molecule has 14 heavy (non-hydrogen) atoms. The van der Waals surface area contributed by atoms with E-state index in [1.165, 1.54) is 23.1 Å². The third-order valence-corrected chi connectivity index (χ3v) is 2.62. The molecule has 78 valence electrons. The summed E-state index contributed by atoms with van der Waals surface area (Å²) in [5.41, 5.74) is 3.83. The van der Waals surface area contributed by atoms with Crippen LogP contribution in [0.3, 0.4) is 0 Å². The molecular weight excluding hydrogens is 172 g/mol. The van der Waals surface area contributed by atoms with Crippen LogP contribution in [0.25, 0.3) is 0 Å². The van der Waals surface area contributed by atoms with Crippen LogP contribution in [0.2, 0.25) is 0 Å². The van der Waals surface area contributed by atoms with E-state index >= 15 is 0 Å². The Labute approximate surface area is 87.1 Å². The first kappa shape index (κ1) is 11.1. The van der Waals surface area contributed by atoms with Crippen LogP contribution in [0.4, 0.5) is 0 Å². The van der Waals surface area contributed by atoms with Crippen molar-refractivity contribution < 1.29 is 4.74 Å². The van der Waals surface area contributed by atoms with Gasteiger partial charge >= 0.3 is 0 Å². The molecule has 1 rings (SSSR count). The summed E-state index contributed by atoms with van der Waals surface area (Å²) in [6.07, 6.45) is 2.32. The van der Waals surface area contributed by atoms with E-state index in [0.29, 0.717) is 0 Å². The summed E-state index contributed by atoms with van der Waals surface area (Å²) < 4.78 is 5.79. The van der Waals surface area contributed by atoms with Crippen molar-refractivity contribution in [3.63, 3.8) is 0 Å². The monoisotopic (exact) mass is 192 g/mol. The Balaban J connectivity index is 2.79. The molecule has 0 saturated carbocycles. The van der Waals surface area contributed by atoms with Crippen molar-refractivity contribution in [3.8, 4) is 5.75 Å². The van der Waals surface area contributed by atoms with Crippen LogP contribution in [0.1, 0.15) is 36.5 Å². The zero-order valence-corrected chi connectivity index (χ0v) is 9.68. The first-order valence-electron chi connectivity index (χ1n) is 5.36. The minimum absolute atomic E-state index is 0.835. The van der Waals surface area contributed by atoms with Gasteiger partial charge in [0.2, 0.25) is 0 Å². The van der Waals surface area contributed by atoms with Gasteiger partial charge in [-0.2, -0.15) is 0 Å². The van der Waals surface area contributed by atoms with Gasteiger partial charge < -0.3 is 4.74 Å². The molecule has 0 atom stereocenters. The summed E-state index contributed by atoms with van der Waals surface area (Å²) >= 11 is 0. The molecule has 0 radical (unpaired) electrons. The molecule has 0 N–H and O–H groups in total. The highest BCUT2D eigenvalue weighted by atomic mass is 16.5. The number of hydrogen-bond donors (Lipinski definition) is 0. The fraction of sp³-hybridized carbons (Fsp3) is 0.538. The lowest BCUT2D eigenvalue weighted by molar-refractivity contribution is 0.305. The highest BCUT2D eigenvalue weighted by Crippen LogP contribution is 2.25. The fourth-order valence-corrected chi connectivity index (χ4v) is 1.47. The second-order valence-corrected chi connectivity index (χ2v) is 3.86. The molecule has 0 aliphatic carbocycles. The summed E-state index contributed by atoms with van der Waals surface area (Å²) in [5, 5.41) is 0. The van der Waals surface area contributed by atoms with Gasteiger partial charge in [0.15, 0.2) is 0 Å². The average Bonchev–Trinajstić information content (AvgIpc) is 2.18. The molecular formula is C13H20O. The Morgan fingerprint density at radius 3 is 2.36 bits per heavy atom. The van der Waals surface area contributed by atoms with Crippen LogP contribution < -0.4 is 4.74 Å². The van der Waals surface area contributed by atoms with Crippen molar-refractivity contribution in [2.45, 2.75) is 40.5 Å². The van der Waals surface area contributed by atoms with E-state index in [-0.39, 0.29) is 0 Å². The van der Waals surface area contributed by atoms with E-state index in [2.05, 4.69) is 39.8 Å². The van der Waals surface area contributed by atoms with Gasteiger partial charge in [-0.15, -0.1) is 0 Å². The Bertz CT molecular complexity index is 302. The minimum atomic E-state index is 0.835. The van der Waals surface area contributed by atoms with Gasteiger partial charge in [-0.05, 0) is 43.9 Å². The lowest BCUT2D eigenvalue weighted by Crippen LogP contribution is -2.01. The lowest BCUT2D eigenvalue weighted by Gasteiger charge is -2.13. The van der Waals surface area contributed by atoms with Crippen molar-refractivity contribution in [3.05, 3.63) is 28.8 Å². The molecule has 0 saturated heterocycles. The quantitative estimate of drug-likeness (QED) is 0.659. The van der Waals surface area contributed by atoms with Gasteiger partial charge in [0.05, 0.1) is 6.61 Å². The van der Waals surface area contributed by atoms with Gasteiger partial charge in [-0.25, -0.2) is 0 Å². The summed E-state index contributed by atoms with van der Waals surface area (Å²) in [6.45, 7) is 9.37. The van der Waals surface area contributed by atoms with E-state index in [9.17, 15) is 0 Å². The summed E-state index contributed by atoms with van der Waals surface area (Å²) in [5.74, 6) is 1.08. The van der Waals surface area contributed by atoms with E-state index in [1.54, 1.807) is 0 Å². The molecule has 0 unspecified atom stereocenters. The SMILES string of the molecule is CCCCOc1c(C)ccc(C)c1C. The summed E-state index contributed by atoms with van der Waals surface area (Å²) in [4.78, 5) is 0. The predicted molar refractivity (Wildman–Crippen MR) is 61.1 cm³/mol. The van der Waals surface area contributed by atoms with Crippen LogP contribution in [-0.4, -0.2) is 6.61 Å². The van der Waals surface area contributed by atoms with Gasteiger partial charge in [-0.1, -0.05) is 25.5 Å². The normalized spacial score (nSPS) is 10.3. The number of aryl methyl sites for hydroxylation is 2. The molecule has 0 aromatic heterocycles. The second kappa shape index (κ2) is 5.04. The Kier molecular flexibility index (Phi) is 3.99. The lowest BCUT2D eigenvalue weighted by atomic mass is 10.1. The third-order valence-electron chi connectivity index (χ3n) is 2.62. The van der Waals surface area contributed by atoms with Crippen LogP contribution in [0.15, 0.2) is 12.1 Å². The zero-order valence-electron chi connectivity index (χ0n) is 9.68. The van der Waals surface area contributed by atoms with Crippen LogP contribution in [0, 0.1) is 20.8 Å². The van der Waals surface area contributed by atoms with E-state index in [1.807, 2.05) is 0 Å². The number of benzene rings is 1. The Morgan fingerprint density at radius 1 is 1.07 bits per heavy atom. The van der Waals surface area contributed by atoms with E-state index in [4.69, 9.17) is 4.74 Å². The Morgan fingerprint density at radius 2 is 1.71 bits per heavy atom. The largest absolute Gasteiger partial charge is 0.493 e. The number of hydrogen-bond acceptors (Lipinski definition) is 1. The number of unbranched alkanes of at least 4 members (excludes halogenated alkanes) is 1.